The topological polar surface area (TPSA) is 25.5 Å². The van der Waals surface area contributed by atoms with E-state index in [2.05, 4.69) is 5.10 Å². The first-order chi connectivity index (χ1) is 10.8. The normalized spacial score (nSPS) is 20.3. The van der Waals surface area contributed by atoms with E-state index in [4.69, 9.17) is 35.4 Å². The molecule has 0 saturated carbocycles. The molecule has 3 rings (SSSR count). The van der Waals surface area contributed by atoms with Crippen molar-refractivity contribution in [3.8, 4) is 0 Å². The summed E-state index contributed by atoms with van der Waals surface area (Å²) in [4.78, 5) is 1.71. The fraction of sp³-hybridized carbons (Fsp3) is 0.538. The number of rotatable bonds is 2. The standard InChI is InChI=1S/C13H13Cl2F3N4S/c14-9-4-10(15)11-19-22(12(23)21(11)6-9)7-20-3-1-2-8(5-20)13(16,17)18/h4,6,8H,1-3,5,7H2. The van der Waals surface area contributed by atoms with E-state index < -0.39 is 12.1 Å². The van der Waals surface area contributed by atoms with E-state index in [1.807, 2.05) is 0 Å². The smallest absolute Gasteiger partial charge is 0.284 e. The van der Waals surface area contributed by atoms with E-state index in [0.29, 0.717) is 33.4 Å². The molecule has 0 spiro atoms. The Morgan fingerprint density at radius 3 is 2.78 bits per heavy atom. The number of piperidine rings is 1. The largest absolute Gasteiger partial charge is 0.393 e. The van der Waals surface area contributed by atoms with Gasteiger partial charge in [0.25, 0.3) is 0 Å². The molecular weight excluding hydrogens is 372 g/mol. The molecule has 1 unspecified atom stereocenters. The van der Waals surface area contributed by atoms with Gasteiger partial charge in [0.05, 0.1) is 22.6 Å². The number of fused-ring (bicyclic) bond motifs is 1. The summed E-state index contributed by atoms with van der Waals surface area (Å²) in [7, 11) is 0. The summed E-state index contributed by atoms with van der Waals surface area (Å²) < 4.78 is 42.1. The average molecular weight is 385 g/mol. The van der Waals surface area contributed by atoms with E-state index in [0.717, 1.165) is 0 Å². The highest BCUT2D eigenvalue weighted by Crippen LogP contribution is 2.33. The van der Waals surface area contributed by atoms with Crippen molar-refractivity contribution in [2.24, 2.45) is 5.92 Å². The molecule has 2 aromatic heterocycles. The molecule has 23 heavy (non-hydrogen) atoms. The highest BCUT2D eigenvalue weighted by molar-refractivity contribution is 7.71. The Bertz CT molecular complexity index is 786. The second-order valence-electron chi connectivity index (χ2n) is 5.58. The van der Waals surface area contributed by atoms with Crippen LogP contribution in [-0.4, -0.2) is 38.3 Å². The number of hydrogen-bond acceptors (Lipinski definition) is 3. The SMILES string of the molecule is FC(F)(F)C1CCCN(Cn2nc3c(Cl)cc(Cl)cn3c2=S)C1. The summed E-state index contributed by atoms with van der Waals surface area (Å²) in [6.07, 6.45) is -1.92. The molecule has 1 atom stereocenters. The number of likely N-dealkylation sites (tertiary alicyclic amines) is 1. The average Bonchev–Trinajstić information content (AvgIpc) is 2.76. The highest BCUT2D eigenvalue weighted by Gasteiger charge is 2.41. The molecular formula is C13H13Cl2F3N4S. The van der Waals surface area contributed by atoms with Gasteiger partial charge in [0.15, 0.2) is 5.65 Å². The van der Waals surface area contributed by atoms with Crippen LogP contribution in [0.5, 0.6) is 0 Å². The second kappa shape index (κ2) is 6.23. The highest BCUT2D eigenvalue weighted by atomic mass is 35.5. The lowest BCUT2D eigenvalue weighted by Gasteiger charge is -2.33. The van der Waals surface area contributed by atoms with Crippen molar-refractivity contribution in [2.45, 2.75) is 25.7 Å². The Morgan fingerprint density at radius 2 is 2.09 bits per heavy atom. The van der Waals surface area contributed by atoms with Gasteiger partial charge in [-0.2, -0.15) is 13.2 Å². The van der Waals surface area contributed by atoms with Crippen LogP contribution in [0.4, 0.5) is 13.2 Å². The Kier molecular flexibility index (Phi) is 4.61. The van der Waals surface area contributed by atoms with Gasteiger partial charge >= 0.3 is 6.18 Å². The van der Waals surface area contributed by atoms with Crippen LogP contribution >= 0.6 is 35.4 Å². The number of nitrogens with zero attached hydrogens (tertiary/aromatic N) is 4. The fourth-order valence-electron chi connectivity index (χ4n) is 2.78. The van der Waals surface area contributed by atoms with Crippen LogP contribution in [0.25, 0.3) is 5.65 Å². The molecule has 1 fully saturated rings. The van der Waals surface area contributed by atoms with Gasteiger partial charge in [0, 0.05) is 12.7 Å². The molecule has 1 aliphatic rings. The predicted molar refractivity (Wildman–Crippen MR) is 84.4 cm³/mol. The number of hydrogen-bond donors (Lipinski definition) is 0. The Balaban J connectivity index is 1.86. The lowest BCUT2D eigenvalue weighted by molar-refractivity contribution is -0.188. The van der Waals surface area contributed by atoms with Crippen LogP contribution < -0.4 is 0 Å². The Morgan fingerprint density at radius 1 is 1.35 bits per heavy atom. The van der Waals surface area contributed by atoms with E-state index in [9.17, 15) is 13.2 Å². The van der Waals surface area contributed by atoms with Crippen LogP contribution in [0.15, 0.2) is 12.3 Å². The molecule has 0 aliphatic carbocycles. The van der Waals surface area contributed by atoms with Crippen molar-refractivity contribution >= 4 is 41.1 Å². The second-order valence-corrected chi connectivity index (χ2v) is 6.79. The van der Waals surface area contributed by atoms with Crippen LogP contribution in [0.3, 0.4) is 0 Å². The fourth-order valence-corrected chi connectivity index (χ4v) is 3.53. The molecule has 0 bridgehead atoms. The van der Waals surface area contributed by atoms with E-state index >= 15 is 0 Å². The first kappa shape index (κ1) is 17.0. The first-order valence-electron chi connectivity index (χ1n) is 6.99. The van der Waals surface area contributed by atoms with Crippen molar-refractivity contribution in [2.75, 3.05) is 13.1 Å². The monoisotopic (exact) mass is 384 g/mol. The third kappa shape index (κ3) is 3.50. The van der Waals surface area contributed by atoms with Gasteiger partial charge in [-0.3, -0.25) is 9.30 Å². The maximum Gasteiger partial charge on any atom is 0.393 e. The summed E-state index contributed by atoms with van der Waals surface area (Å²) in [5.74, 6) is -1.31. The molecule has 2 aromatic rings. The first-order valence-corrected chi connectivity index (χ1v) is 8.15. The number of pyridine rings is 1. The lowest BCUT2D eigenvalue weighted by atomic mass is 9.98. The predicted octanol–water partition coefficient (Wildman–Crippen LogP) is 4.40. The van der Waals surface area contributed by atoms with Gasteiger partial charge < -0.3 is 0 Å². The number of alkyl halides is 3. The summed E-state index contributed by atoms with van der Waals surface area (Å²) in [5, 5.41) is 5.05. The van der Waals surface area contributed by atoms with Crippen molar-refractivity contribution in [3.05, 3.63) is 27.1 Å². The minimum Gasteiger partial charge on any atom is -0.284 e. The molecule has 0 amide bonds. The minimum atomic E-state index is -4.17. The van der Waals surface area contributed by atoms with Gasteiger partial charge in [0.2, 0.25) is 4.77 Å². The summed E-state index contributed by atoms with van der Waals surface area (Å²) >= 11 is 17.3. The van der Waals surface area contributed by atoms with Gasteiger partial charge in [0.1, 0.15) is 0 Å². The maximum absolute atomic E-state index is 12.9. The molecule has 1 saturated heterocycles. The van der Waals surface area contributed by atoms with Crippen molar-refractivity contribution < 1.29 is 13.2 Å². The van der Waals surface area contributed by atoms with Gasteiger partial charge in [-0.05, 0) is 37.7 Å². The van der Waals surface area contributed by atoms with Gasteiger partial charge in [-0.15, -0.1) is 5.10 Å². The van der Waals surface area contributed by atoms with E-state index in [1.54, 1.807) is 21.6 Å². The Hall–Kier alpha value is -0.830. The van der Waals surface area contributed by atoms with Gasteiger partial charge in [-0.1, -0.05) is 23.2 Å². The summed E-state index contributed by atoms with van der Waals surface area (Å²) in [6, 6.07) is 1.55. The van der Waals surface area contributed by atoms with Gasteiger partial charge in [-0.25, -0.2) is 4.68 Å². The molecule has 0 aromatic carbocycles. The van der Waals surface area contributed by atoms with Crippen LogP contribution in [0.1, 0.15) is 12.8 Å². The van der Waals surface area contributed by atoms with E-state index in [-0.39, 0.29) is 19.6 Å². The molecule has 3 heterocycles. The van der Waals surface area contributed by atoms with Crippen molar-refractivity contribution in [3.63, 3.8) is 0 Å². The number of halogens is 5. The lowest BCUT2D eigenvalue weighted by Crippen LogP contribution is -2.42. The van der Waals surface area contributed by atoms with Crippen LogP contribution in [0, 0.1) is 10.7 Å². The quantitative estimate of drug-likeness (QED) is 0.717. The molecule has 4 nitrogen and oxygen atoms in total. The van der Waals surface area contributed by atoms with E-state index in [1.165, 1.54) is 4.68 Å². The molecule has 10 heteroatoms. The molecule has 126 valence electrons. The molecule has 1 aliphatic heterocycles. The zero-order chi connectivity index (χ0) is 16.8. The minimum absolute atomic E-state index is 0.0480. The molecule has 0 N–H and O–H groups in total. The third-order valence-electron chi connectivity index (χ3n) is 3.90. The third-order valence-corrected chi connectivity index (χ3v) is 4.80. The zero-order valence-corrected chi connectivity index (χ0v) is 14.2. The number of aromatic nitrogens is 3. The summed E-state index contributed by atoms with van der Waals surface area (Å²) in [6.45, 7) is 0.728. The summed E-state index contributed by atoms with van der Waals surface area (Å²) in [5.41, 5.74) is 0.436. The van der Waals surface area contributed by atoms with Crippen molar-refractivity contribution in [1.82, 2.24) is 19.1 Å². The Labute approximate surface area is 145 Å². The zero-order valence-electron chi connectivity index (χ0n) is 11.9. The van der Waals surface area contributed by atoms with Crippen LogP contribution in [0.2, 0.25) is 10.0 Å². The molecule has 0 radical (unpaired) electrons. The van der Waals surface area contributed by atoms with Crippen LogP contribution in [-0.2, 0) is 6.67 Å². The van der Waals surface area contributed by atoms with Crippen molar-refractivity contribution in [1.29, 1.82) is 0 Å². The maximum atomic E-state index is 12.9.